The Labute approximate surface area is 74.2 Å². The summed E-state index contributed by atoms with van der Waals surface area (Å²) < 4.78 is 0. The van der Waals surface area contributed by atoms with Crippen LogP contribution in [-0.2, 0) is 6.42 Å². The second-order valence-corrected chi connectivity index (χ2v) is 2.91. The van der Waals surface area contributed by atoms with Crippen molar-refractivity contribution in [1.82, 2.24) is 4.98 Å². The molecule has 0 amide bonds. The number of aromatic nitrogens is 1. The highest BCUT2D eigenvalue weighted by molar-refractivity contribution is 5.15. The molecule has 0 aliphatic rings. The highest BCUT2D eigenvalue weighted by Crippen LogP contribution is 2.04. The molecule has 0 radical (unpaired) electrons. The molecule has 0 atom stereocenters. The lowest BCUT2D eigenvalue weighted by Gasteiger charge is -1.98. The van der Waals surface area contributed by atoms with Gasteiger partial charge in [0.1, 0.15) is 0 Å². The highest BCUT2D eigenvalue weighted by atomic mass is 14.6. The molecule has 0 bridgehead atoms. The summed E-state index contributed by atoms with van der Waals surface area (Å²) in [6.45, 7) is 4.08. The van der Waals surface area contributed by atoms with E-state index in [4.69, 9.17) is 0 Å². The van der Waals surface area contributed by atoms with Gasteiger partial charge in [0.05, 0.1) is 0 Å². The molecule has 1 heteroatoms. The Balaban J connectivity index is 2.52. The van der Waals surface area contributed by atoms with E-state index >= 15 is 0 Å². The standard InChI is InChI=1S/C11H15N/c1-3-4-5-6-11-7-8-12-10(2)9-11/h3-4,7-9H,5-6H2,1-2H3/b4-3+. The third kappa shape index (κ3) is 2.87. The topological polar surface area (TPSA) is 12.9 Å². The van der Waals surface area contributed by atoms with Crippen molar-refractivity contribution in [3.63, 3.8) is 0 Å². The normalized spacial score (nSPS) is 10.8. The van der Waals surface area contributed by atoms with E-state index in [1.54, 1.807) is 0 Å². The van der Waals surface area contributed by atoms with Gasteiger partial charge in [0, 0.05) is 11.9 Å². The lowest BCUT2D eigenvalue weighted by atomic mass is 10.1. The molecule has 1 nitrogen and oxygen atoms in total. The first-order valence-electron chi connectivity index (χ1n) is 4.35. The van der Waals surface area contributed by atoms with Crippen LogP contribution in [0.2, 0.25) is 0 Å². The van der Waals surface area contributed by atoms with Crippen molar-refractivity contribution in [2.24, 2.45) is 0 Å². The van der Waals surface area contributed by atoms with Crippen LogP contribution in [0.25, 0.3) is 0 Å². The smallest absolute Gasteiger partial charge is 0.0375 e. The van der Waals surface area contributed by atoms with Crippen molar-refractivity contribution < 1.29 is 0 Å². The molecule has 1 aromatic rings. The zero-order chi connectivity index (χ0) is 8.81. The minimum absolute atomic E-state index is 1.10. The third-order valence-corrected chi connectivity index (χ3v) is 1.80. The van der Waals surface area contributed by atoms with Crippen LogP contribution in [0.1, 0.15) is 24.6 Å². The van der Waals surface area contributed by atoms with Crippen LogP contribution in [0.15, 0.2) is 30.5 Å². The molecule has 0 aromatic carbocycles. The fourth-order valence-electron chi connectivity index (χ4n) is 1.18. The number of hydrogen-bond donors (Lipinski definition) is 0. The van der Waals surface area contributed by atoms with Crippen molar-refractivity contribution in [2.75, 3.05) is 0 Å². The summed E-state index contributed by atoms with van der Waals surface area (Å²) in [7, 11) is 0. The van der Waals surface area contributed by atoms with Gasteiger partial charge >= 0.3 is 0 Å². The largest absolute Gasteiger partial charge is 0.262 e. The zero-order valence-electron chi connectivity index (χ0n) is 7.75. The minimum atomic E-state index is 1.10. The highest BCUT2D eigenvalue weighted by Gasteiger charge is 1.91. The maximum absolute atomic E-state index is 4.15. The van der Waals surface area contributed by atoms with E-state index in [0.717, 1.165) is 18.5 Å². The van der Waals surface area contributed by atoms with Gasteiger partial charge in [-0.15, -0.1) is 0 Å². The molecule has 0 aliphatic heterocycles. The number of nitrogens with zero attached hydrogens (tertiary/aromatic N) is 1. The average Bonchev–Trinajstić information content (AvgIpc) is 2.05. The quantitative estimate of drug-likeness (QED) is 0.621. The van der Waals surface area contributed by atoms with Gasteiger partial charge < -0.3 is 0 Å². The van der Waals surface area contributed by atoms with Gasteiger partial charge in [-0.25, -0.2) is 0 Å². The molecule has 0 N–H and O–H groups in total. The first-order valence-corrected chi connectivity index (χ1v) is 4.35. The Kier molecular flexibility index (Phi) is 3.52. The number of aryl methyl sites for hydroxylation is 2. The summed E-state index contributed by atoms with van der Waals surface area (Å²) in [6.07, 6.45) is 8.40. The zero-order valence-corrected chi connectivity index (χ0v) is 7.75. The third-order valence-electron chi connectivity index (χ3n) is 1.80. The lowest BCUT2D eigenvalue weighted by Crippen LogP contribution is -1.86. The monoisotopic (exact) mass is 161 g/mol. The average molecular weight is 161 g/mol. The van der Waals surface area contributed by atoms with Crippen LogP contribution in [0.3, 0.4) is 0 Å². The Hall–Kier alpha value is -1.11. The van der Waals surface area contributed by atoms with Crippen LogP contribution >= 0.6 is 0 Å². The van der Waals surface area contributed by atoms with E-state index in [-0.39, 0.29) is 0 Å². The summed E-state index contributed by atoms with van der Waals surface area (Å²) in [5, 5.41) is 0. The van der Waals surface area contributed by atoms with E-state index in [9.17, 15) is 0 Å². The number of allylic oxidation sites excluding steroid dienone is 2. The molecule has 1 rings (SSSR count). The number of rotatable bonds is 3. The molecule has 0 saturated heterocycles. The summed E-state index contributed by atoms with van der Waals surface area (Å²) in [5.41, 5.74) is 2.48. The maximum atomic E-state index is 4.15. The SMILES string of the molecule is C/C=C/CCc1ccnc(C)c1. The molecule has 0 fully saturated rings. The second-order valence-electron chi connectivity index (χ2n) is 2.91. The van der Waals surface area contributed by atoms with Crippen molar-refractivity contribution in [2.45, 2.75) is 26.7 Å². The summed E-state index contributed by atoms with van der Waals surface area (Å²) in [5.74, 6) is 0. The van der Waals surface area contributed by atoms with Gasteiger partial charge in [-0.3, -0.25) is 4.98 Å². The van der Waals surface area contributed by atoms with Gasteiger partial charge in [-0.05, 0) is 44.4 Å². The predicted octanol–water partition coefficient (Wildman–Crippen LogP) is 2.90. The number of pyridine rings is 1. The molecule has 1 heterocycles. The van der Waals surface area contributed by atoms with Gasteiger partial charge in [-0.1, -0.05) is 12.2 Å². The summed E-state index contributed by atoms with van der Waals surface area (Å²) >= 11 is 0. The van der Waals surface area contributed by atoms with Crippen LogP contribution in [-0.4, -0.2) is 4.98 Å². The first kappa shape index (κ1) is 8.98. The first-order chi connectivity index (χ1) is 5.83. The van der Waals surface area contributed by atoms with Crippen molar-refractivity contribution in [3.8, 4) is 0 Å². The molecule has 12 heavy (non-hydrogen) atoms. The Morgan fingerprint density at radius 2 is 2.33 bits per heavy atom. The van der Waals surface area contributed by atoms with E-state index in [1.165, 1.54) is 5.56 Å². The molecule has 64 valence electrons. The van der Waals surface area contributed by atoms with Crippen LogP contribution < -0.4 is 0 Å². The molecule has 0 saturated carbocycles. The van der Waals surface area contributed by atoms with Gasteiger partial charge in [0.25, 0.3) is 0 Å². The van der Waals surface area contributed by atoms with Gasteiger partial charge in [0.15, 0.2) is 0 Å². The van der Waals surface area contributed by atoms with Crippen molar-refractivity contribution in [3.05, 3.63) is 41.7 Å². The van der Waals surface area contributed by atoms with E-state index in [1.807, 2.05) is 13.1 Å². The summed E-state index contributed by atoms with van der Waals surface area (Å²) in [4.78, 5) is 4.15. The fraction of sp³-hybridized carbons (Fsp3) is 0.364. The fourth-order valence-corrected chi connectivity index (χ4v) is 1.18. The lowest BCUT2D eigenvalue weighted by molar-refractivity contribution is 0.984. The second kappa shape index (κ2) is 4.70. The Morgan fingerprint density at radius 3 is 3.00 bits per heavy atom. The van der Waals surface area contributed by atoms with E-state index in [2.05, 4.69) is 36.2 Å². The van der Waals surface area contributed by atoms with E-state index < -0.39 is 0 Å². The Bertz CT molecular complexity index is 263. The van der Waals surface area contributed by atoms with Gasteiger partial charge in [0.2, 0.25) is 0 Å². The number of hydrogen-bond acceptors (Lipinski definition) is 1. The summed E-state index contributed by atoms with van der Waals surface area (Å²) in [6, 6.07) is 4.22. The molecule has 0 spiro atoms. The van der Waals surface area contributed by atoms with E-state index in [0.29, 0.717) is 0 Å². The van der Waals surface area contributed by atoms with Crippen LogP contribution in [0.5, 0.6) is 0 Å². The predicted molar refractivity (Wildman–Crippen MR) is 52.1 cm³/mol. The molecule has 0 unspecified atom stereocenters. The molecular formula is C11H15N. The van der Waals surface area contributed by atoms with Crippen LogP contribution in [0, 0.1) is 6.92 Å². The van der Waals surface area contributed by atoms with Crippen molar-refractivity contribution in [1.29, 1.82) is 0 Å². The maximum Gasteiger partial charge on any atom is 0.0375 e. The molecular weight excluding hydrogens is 146 g/mol. The Morgan fingerprint density at radius 1 is 1.50 bits per heavy atom. The molecule has 0 aliphatic carbocycles. The van der Waals surface area contributed by atoms with Gasteiger partial charge in [-0.2, -0.15) is 0 Å². The van der Waals surface area contributed by atoms with Crippen molar-refractivity contribution >= 4 is 0 Å². The van der Waals surface area contributed by atoms with Crippen LogP contribution in [0.4, 0.5) is 0 Å². The minimum Gasteiger partial charge on any atom is -0.262 e. The molecule has 1 aromatic heterocycles.